The first-order valence-corrected chi connectivity index (χ1v) is 18.7. The number of nitrogens with one attached hydrogen (secondary N) is 1. The Bertz CT molecular complexity index is 2040. The monoisotopic (exact) mass is 794 g/mol. The first kappa shape index (κ1) is 35.8. The average Bonchev–Trinajstić information content (AvgIpc) is 3.08. The summed E-state index contributed by atoms with van der Waals surface area (Å²) < 4.78 is 68.2. The average molecular weight is 797 g/mol. The van der Waals surface area contributed by atoms with E-state index in [1.54, 1.807) is 66.7 Å². The predicted octanol–water partition coefficient (Wildman–Crippen LogP) is 5.56. The van der Waals surface area contributed by atoms with Crippen LogP contribution in [0.25, 0.3) is 0 Å². The third-order valence-corrected chi connectivity index (χ3v) is 12.3. The van der Waals surface area contributed by atoms with Crippen LogP contribution in [-0.4, -0.2) is 70.4 Å². The minimum atomic E-state index is -4.17. The van der Waals surface area contributed by atoms with Gasteiger partial charge in [-0.15, -0.1) is 0 Å². The molecule has 1 N–H and O–H groups in total. The molecular weight excluding hydrogens is 767 g/mol. The van der Waals surface area contributed by atoms with Gasteiger partial charge in [0.2, 0.25) is 20.0 Å². The lowest BCUT2D eigenvalue weighted by molar-refractivity contribution is -0.125. The third-order valence-electron chi connectivity index (χ3n) is 7.35. The van der Waals surface area contributed by atoms with Crippen LogP contribution < -0.4 is 14.9 Å². The SMILES string of the molecule is COc1cc(/C=N\NC(=O)[C@H]2CN(S(=O)(=O)c3ccccc3)CCN2S(=O)(=O)c2ccccc2)cc(Br)c1OCc1ccc(Cl)cc1Cl. The number of hydrazone groups is 1. The van der Waals surface area contributed by atoms with E-state index in [1.807, 2.05) is 0 Å². The topological polar surface area (TPSA) is 135 Å². The summed E-state index contributed by atoms with van der Waals surface area (Å²) in [4.78, 5) is 13.6. The Kier molecular flexibility index (Phi) is 11.5. The molecule has 252 valence electrons. The molecule has 1 amide bonds. The number of methoxy groups -OCH3 is 1. The van der Waals surface area contributed by atoms with E-state index in [9.17, 15) is 21.6 Å². The second-order valence-corrected chi connectivity index (χ2v) is 15.9. The number of ether oxygens (including phenoxy) is 2. The van der Waals surface area contributed by atoms with Crippen molar-refractivity contribution < 1.29 is 31.1 Å². The van der Waals surface area contributed by atoms with Crippen LogP contribution in [-0.2, 0) is 31.4 Å². The molecule has 1 aliphatic rings. The first-order chi connectivity index (χ1) is 22.9. The Labute approximate surface area is 297 Å². The van der Waals surface area contributed by atoms with Gasteiger partial charge in [-0.2, -0.15) is 13.7 Å². The van der Waals surface area contributed by atoms with Crippen LogP contribution in [0.15, 0.2) is 110 Å². The lowest BCUT2D eigenvalue weighted by Gasteiger charge is -2.38. The summed E-state index contributed by atoms with van der Waals surface area (Å²) >= 11 is 15.7. The molecule has 48 heavy (non-hydrogen) atoms. The van der Waals surface area contributed by atoms with Gasteiger partial charge >= 0.3 is 0 Å². The molecule has 16 heteroatoms. The van der Waals surface area contributed by atoms with Crippen molar-refractivity contribution in [3.63, 3.8) is 0 Å². The van der Waals surface area contributed by atoms with E-state index in [0.717, 1.165) is 8.61 Å². The molecule has 5 rings (SSSR count). The number of hydrogen-bond acceptors (Lipinski definition) is 8. The molecule has 4 aromatic carbocycles. The molecule has 0 aliphatic carbocycles. The van der Waals surface area contributed by atoms with Crippen LogP contribution in [0.2, 0.25) is 10.0 Å². The molecule has 1 saturated heterocycles. The van der Waals surface area contributed by atoms with Crippen LogP contribution in [0.1, 0.15) is 11.1 Å². The maximum Gasteiger partial charge on any atom is 0.259 e. The van der Waals surface area contributed by atoms with E-state index < -0.39 is 38.5 Å². The summed E-state index contributed by atoms with van der Waals surface area (Å²) in [5, 5.41) is 5.00. The number of carbonyl (C=O) groups excluding carboxylic acids is 1. The summed E-state index contributed by atoms with van der Waals surface area (Å²) in [5.41, 5.74) is 3.60. The summed E-state index contributed by atoms with van der Waals surface area (Å²) in [7, 11) is -6.72. The van der Waals surface area contributed by atoms with Crippen LogP contribution in [0.3, 0.4) is 0 Å². The fourth-order valence-electron chi connectivity index (χ4n) is 4.92. The molecule has 0 aromatic heterocycles. The molecule has 0 spiro atoms. The van der Waals surface area contributed by atoms with E-state index >= 15 is 0 Å². The molecular formula is C32H29BrCl2N4O7S2. The summed E-state index contributed by atoms with van der Waals surface area (Å²) in [6.45, 7) is -0.691. The number of hydrogen-bond donors (Lipinski definition) is 1. The quantitative estimate of drug-likeness (QED) is 0.155. The van der Waals surface area contributed by atoms with Gasteiger partial charge in [0.05, 0.1) is 27.6 Å². The zero-order valence-electron chi connectivity index (χ0n) is 25.3. The van der Waals surface area contributed by atoms with Gasteiger partial charge in [0.15, 0.2) is 11.5 Å². The van der Waals surface area contributed by atoms with E-state index in [4.69, 9.17) is 32.7 Å². The van der Waals surface area contributed by atoms with Crippen molar-refractivity contribution in [1.29, 1.82) is 0 Å². The molecule has 11 nitrogen and oxygen atoms in total. The maximum absolute atomic E-state index is 13.6. The lowest BCUT2D eigenvalue weighted by Crippen LogP contribution is -2.60. The largest absolute Gasteiger partial charge is 0.493 e. The molecule has 1 atom stereocenters. The molecule has 1 fully saturated rings. The Morgan fingerprint density at radius 2 is 1.58 bits per heavy atom. The van der Waals surface area contributed by atoms with Crippen molar-refractivity contribution in [1.82, 2.24) is 14.0 Å². The van der Waals surface area contributed by atoms with Gasteiger partial charge in [0.1, 0.15) is 12.6 Å². The van der Waals surface area contributed by atoms with Gasteiger partial charge in [-0.3, -0.25) is 4.79 Å². The molecule has 4 aromatic rings. The number of rotatable bonds is 11. The molecule has 0 radical (unpaired) electrons. The smallest absolute Gasteiger partial charge is 0.259 e. The van der Waals surface area contributed by atoms with Crippen molar-refractivity contribution in [3.8, 4) is 11.5 Å². The van der Waals surface area contributed by atoms with E-state index in [1.165, 1.54) is 37.6 Å². The van der Waals surface area contributed by atoms with Crippen molar-refractivity contribution in [3.05, 3.63) is 117 Å². The highest BCUT2D eigenvalue weighted by Gasteiger charge is 2.43. The maximum atomic E-state index is 13.6. The standard InChI is InChI=1S/C32H29BrCl2N4O7S2/c1-45-30-17-22(16-27(33)31(30)46-21-23-12-13-24(34)18-28(23)35)19-36-37-32(40)29-20-38(47(41,42)25-8-4-2-5-9-25)14-15-39(29)48(43,44)26-10-6-3-7-11-26/h2-13,16-19,29H,14-15,20-21H2,1H3,(H,37,40)/b36-19-/t29-/m1/s1. The van der Waals surface area contributed by atoms with Crippen LogP contribution >= 0.6 is 39.1 Å². The first-order valence-electron chi connectivity index (χ1n) is 14.3. The van der Waals surface area contributed by atoms with Crippen LogP contribution in [0.4, 0.5) is 0 Å². The Balaban J connectivity index is 1.36. The highest BCUT2D eigenvalue weighted by Crippen LogP contribution is 2.37. The molecule has 1 aliphatic heterocycles. The van der Waals surface area contributed by atoms with Crippen molar-refractivity contribution in [2.24, 2.45) is 5.10 Å². The third kappa shape index (κ3) is 8.03. The fourth-order valence-corrected chi connectivity index (χ4v) is 9.01. The number of carbonyl (C=O) groups is 1. The second kappa shape index (κ2) is 15.4. The number of amides is 1. The Morgan fingerprint density at radius 1 is 0.938 bits per heavy atom. The minimum absolute atomic E-state index is 0.0248. The second-order valence-electron chi connectivity index (χ2n) is 10.4. The van der Waals surface area contributed by atoms with Crippen molar-refractivity contribution in [2.45, 2.75) is 22.4 Å². The number of nitrogens with zero attached hydrogens (tertiary/aromatic N) is 3. The van der Waals surface area contributed by atoms with Gasteiger partial charge in [-0.05, 0) is 70.0 Å². The number of benzene rings is 4. The Morgan fingerprint density at radius 3 is 2.21 bits per heavy atom. The zero-order valence-corrected chi connectivity index (χ0v) is 30.0. The summed E-state index contributed by atoms with van der Waals surface area (Å²) in [6.07, 6.45) is 1.34. The molecule has 0 unspecified atom stereocenters. The number of piperazine rings is 1. The molecule has 0 bridgehead atoms. The highest BCUT2D eigenvalue weighted by atomic mass is 79.9. The summed E-state index contributed by atoms with van der Waals surface area (Å²) in [5.74, 6) is -0.0608. The van der Waals surface area contributed by atoms with Gasteiger partial charge in [0, 0.05) is 35.2 Å². The summed E-state index contributed by atoms with van der Waals surface area (Å²) in [6, 6.07) is 22.3. The van der Waals surface area contributed by atoms with Gasteiger partial charge in [0.25, 0.3) is 5.91 Å². The zero-order chi connectivity index (χ0) is 34.5. The predicted molar refractivity (Wildman–Crippen MR) is 187 cm³/mol. The van der Waals surface area contributed by atoms with Gasteiger partial charge in [-0.25, -0.2) is 22.3 Å². The van der Waals surface area contributed by atoms with Gasteiger partial charge in [-0.1, -0.05) is 65.7 Å². The lowest BCUT2D eigenvalue weighted by atomic mass is 10.2. The molecule has 0 saturated carbocycles. The number of sulfonamides is 2. The number of halogens is 3. The minimum Gasteiger partial charge on any atom is -0.493 e. The van der Waals surface area contributed by atoms with Crippen LogP contribution in [0.5, 0.6) is 11.5 Å². The van der Waals surface area contributed by atoms with Crippen molar-refractivity contribution in [2.75, 3.05) is 26.7 Å². The molecule has 1 heterocycles. The van der Waals surface area contributed by atoms with E-state index in [2.05, 4.69) is 26.5 Å². The van der Waals surface area contributed by atoms with Gasteiger partial charge < -0.3 is 9.47 Å². The van der Waals surface area contributed by atoms with Crippen molar-refractivity contribution >= 4 is 71.3 Å². The van der Waals surface area contributed by atoms with E-state index in [-0.39, 0.29) is 29.5 Å². The fraction of sp³-hybridized carbons (Fsp3) is 0.188. The Hall–Kier alpha value is -3.50. The normalized spacial score (nSPS) is 16.1. The highest BCUT2D eigenvalue weighted by molar-refractivity contribution is 9.10. The van der Waals surface area contributed by atoms with E-state index in [0.29, 0.717) is 37.1 Å². The van der Waals surface area contributed by atoms with Crippen LogP contribution in [0, 0.1) is 0 Å².